The number of benzene rings is 1. The van der Waals surface area contributed by atoms with Crippen molar-refractivity contribution in [3.63, 3.8) is 0 Å². The van der Waals surface area contributed by atoms with Crippen LogP contribution in [0.4, 0.5) is 4.39 Å². The molecule has 1 fully saturated rings. The topological polar surface area (TPSA) is 71.7 Å². The van der Waals surface area contributed by atoms with Gasteiger partial charge in [-0.3, -0.25) is 4.79 Å². The lowest BCUT2D eigenvalue weighted by Crippen LogP contribution is -2.42. The van der Waals surface area contributed by atoms with E-state index in [9.17, 15) is 17.6 Å². The lowest BCUT2D eigenvalue weighted by Gasteiger charge is -2.29. The predicted molar refractivity (Wildman–Crippen MR) is 115 cm³/mol. The molecule has 0 radical (unpaired) electrons. The third-order valence-corrected chi connectivity index (χ3v) is 9.21. The highest BCUT2D eigenvalue weighted by molar-refractivity contribution is 7.91. The zero-order valence-electron chi connectivity index (χ0n) is 15.8. The van der Waals surface area contributed by atoms with Gasteiger partial charge in [-0.05, 0) is 36.4 Å². The maximum Gasteiger partial charge on any atom is 0.252 e. The zero-order chi connectivity index (χ0) is 21.3. The molecule has 10 heteroatoms. The monoisotopic (exact) mass is 463 g/mol. The third-order valence-electron chi connectivity index (χ3n) is 4.93. The van der Waals surface area contributed by atoms with Crippen LogP contribution in [0.25, 0.3) is 10.2 Å². The summed E-state index contributed by atoms with van der Waals surface area (Å²) < 4.78 is 43.7. The fourth-order valence-corrected chi connectivity index (χ4v) is 7.21. The summed E-state index contributed by atoms with van der Waals surface area (Å²) in [6.45, 7) is 0.531. The third kappa shape index (κ3) is 3.86. The normalized spacial score (nSPS) is 18.5. The Morgan fingerprint density at radius 3 is 2.90 bits per heavy atom. The first-order valence-corrected chi connectivity index (χ1v) is 12.4. The molecule has 0 N–H and O–H groups in total. The van der Waals surface area contributed by atoms with Crippen LogP contribution in [0, 0.1) is 24.1 Å². The van der Waals surface area contributed by atoms with Crippen LogP contribution in [0.15, 0.2) is 44.9 Å². The van der Waals surface area contributed by atoms with Gasteiger partial charge < -0.3 is 4.57 Å². The van der Waals surface area contributed by atoms with Crippen molar-refractivity contribution < 1.29 is 17.6 Å². The van der Waals surface area contributed by atoms with Gasteiger partial charge in [-0.25, -0.2) is 12.8 Å². The number of sulfonamides is 1. The summed E-state index contributed by atoms with van der Waals surface area (Å²) in [7, 11) is -3.62. The second-order valence-electron chi connectivity index (χ2n) is 6.85. The second kappa shape index (κ2) is 8.43. The van der Waals surface area contributed by atoms with E-state index in [0.717, 1.165) is 11.3 Å². The van der Waals surface area contributed by atoms with Gasteiger partial charge in [0.05, 0.1) is 22.7 Å². The molecular formula is C20H18FN3O3S3. The van der Waals surface area contributed by atoms with Gasteiger partial charge in [-0.1, -0.05) is 29.4 Å². The molecule has 1 amide bonds. The number of thiazole rings is 1. The fourth-order valence-electron chi connectivity index (χ4n) is 3.50. The second-order valence-corrected chi connectivity index (χ2v) is 11.0. The number of hydrogen-bond donors (Lipinski definition) is 0. The number of rotatable bonds is 4. The number of terminal acetylenes is 1. The molecule has 1 saturated heterocycles. The van der Waals surface area contributed by atoms with Gasteiger partial charge in [0, 0.05) is 13.1 Å². The first-order chi connectivity index (χ1) is 14.4. The van der Waals surface area contributed by atoms with Crippen molar-refractivity contribution in [2.45, 2.75) is 23.6 Å². The Kier molecular flexibility index (Phi) is 5.88. The molecule has 3 heterocycles. The number of carbonyl (C=O) groups excluding carboxylic acids is 1. The van der Waals surface area contributed by atoms with Crippen LogP contribution in [-0.4, -0.2) is 36.3 Å². The van der Waals surface area contributed by atoms with Crippen LogP contribution in [-0.2, 0) is 21.4 Å². The number of carbonyl (C=O) groups is 1. The minimum atomic E-state index is -3.62. The molecule has 1 aromatic carbocycles. The summed E-state index contributed by atoms with van der Waals surface area (Å²) in [4.78, 5) is 17.4. The molecule has 3 aromatic rings. The molecule has 2 aromatic heterocycles. The molecule has 4 rings (SSSR count). The lowest BCUT2D eigenvalue weighted by atomic mass is 9.99. The van der Waals surface area contributed by atoms with Crippen molar-refractivity contribution in [1.29, 1.82) is 0 Å². The number of aromatic nitrogens is 1. The Labute approximate surface area is 181 Å². The number of para-hydroxylation sites is 1. The van der Waals surface area contributed by atoms with Crippen LogP contribution < -0.4 is 4.80 Å². The molecule has 0 saturated carbocycles. The van der Waals surface area contributed by atoms with E-state index in [2.05, 4.69) is 10.9 Å². The highest BCUT2D eigenvalue weighted by atomic mass is 32.2. The maximum absolute atomic E-state index is 14.3. The lowest BCUT2D eigenvalue weighted by molar-refractivity contribution is -0.122. The summed E-state index contributed by atoms with van der Waals surface area (Å²) in [5, 5.41) is 1.71. The quantitative estimate of drug-likeness (QED) is 0.559. The average Bonchev–Trinajstić information content (AvgIpc) is 3.38. The van der Waals surface area contributed by atoms with Gasteiger partial charge >= 0.3 is 0 Å². The molecule has 1 atom stereocenters. The number of thiophene rings is 1. The molecule has 0 spiro atoms. The molecule has 1 aliphatic rings. The highest BCUT2D eigenvalue weighted by Crippen LogP contribution is 2.27. The molecule has 6 nitrogen and oxygen atoms in total. The summed E-state index contributed by atoms with van der Waals surface area (Å²) in [5.74, 6) is 1.07. The number of nitrogens with zero attached hydrogens (tertiary/aromatic N) is 3. The van der Waals surface area contributed by atoms with Crippen molar-refractivity contribution in [2.75, 3.05) is 13.1 Å². The van der Waals surface area contributed by atoms with Crippen molar-refractivity contribution in [3.05, 3.63) is 46.3 Å². The average molecular weight is 464 g/mol. The highest BCUT2D eigenvalue weighted by Gasteiger charge is 2.33. The van der Waals surface area contributed by atoms with Gasteiger partial charge in [0.1, 0.15) is 10.0 Å². The standard InChI is InChI=1S/C20H18FN3O3S3/c1-2-10-24-18-15(21)7-3-8-16(18)29-20(24)22-19(25)14-6-4-11-23(13-14)30(26,27)17-9-5-12-28-17/h1,3,5,7-9,12,14H,4,6,10-11,13H2. The van der Waals surface area contributed by atoms with E-state index in [1.165, 1.54) is 26.3 Å². The van der Waals surface area contributed by atoms with Crippen LogP contribution in [0.1, 0.15) is 12.8 Å². The van der Waals surface area contributed by atoms with Gasteiger partial charge in [0.15, 0.2) is 4.80 Å². The van der Waals surface area contributed by atoms with E-state index in [1.807, 2.05) is 0 Å². The molecule has 0 aliphatic carbocycles. The van der Waals surface area contributed by atoms with E-state index in [1.54, 1.807) is 29.6 Å². The Balaban J connectivity index is 1.65. The molecule has 156 valence electrons. The Bertz CT molecular complexity index is 1300. The minimum Gasteiger partial charge on any atom is -0.302 e. The predicted octanol–water partition coefficient (Wildman–Crippen LogP) is 3.06. The molecule has 1 unspecified atom stereocenters. The molecule has 1 aliphatic heterocycles. The summed E-state index contributed by atoms with van der Waals surface area (Å²) in [6.07, 6.45) is 6.55. The van der Waals surface area contributed by atoms with Crippen molar-refractivity contribution in [2.24, 2.45) is 10.9 Å². The SMILES string of the molecule is C#CCn1c(=NC(=O)C2CCCN(S(=O)(=O)c3cccs3)C2)sc2cccc(F)c21. The van der Waals surface area contributed by atoms with Crippen LogP contribution in [0.3, 0.4) is 0 Å². The first-order valence-electron chi connectivity index (χ1n) is 9.25. The Hall–Kier alpha value is -2.32. The van der Waals surface area contributed by atoms with Gasteiger partial charge in [0.2, 0.25) is 0 Å². The van der Waals surface area contributed by atoms with Crippen molar-refractivity contribution in [3.8, 4) is 12.3 Å². The van der Waals surface area contributed by atoms with E-state index in [4.69, 9.17) is 6.42 Å². The Morgan fingerprint density at radius 1 is 1.33 bits per heavy atom. The van der Waals surface area contributed by atoms with E-state index in [-0.39, 0.29) is 17.3 Å². The number of amides is 1. The zero-order valence-corrected chi connectivity index (χ0v) is 18.3. The summed E-state index contributed by atoms with van der Waals surface area (Å²) >= 11 is 2.34. The number of hydrogen-bond acceptors (Lipinski definition) is 5. The fraction of sp³-hybridized carbons (Fsp3) is 0.300. The van der Waals surface area contributed by atoms with E-state index < -0.39 is 27.7 Å². The smallest absolute Gasteiger partial charge is 0.252 e. The van der Waals surface area contributed by atoms with Gasteiger partial charge in [-0.15, -0.1) is 17.8 Å². The summed E-state index contributed by atoms with van der Waals surface area (Å²) in [5.41, 5.74) is 0.317. The number of halogens is 1. The van der Waals surface area contributed by atoms with Gasteiger partial charge in [0.25, 0.3) is 15.9 Å². The maximum atomic E-state index is 14.3. The van der Waals surface area contributed by atoms with Crippen LogP contribution in [0.5, 0.6) is 0 Å². The van der Waals surface area contributed by atoms with Crippen molar-refractivity contribution in [1.82, 2.24) is 8.87 Å². The largest absolute Gasteiger partial charge is 0.302 e. The minimum absolute atomic E-state index is 0.0800. The first kappa shape index (κ1) is 20.9. The Morgan fingerprint density at radius 2 is 2.17 bits per heavy atom. The summed E-state index contributed by atoms with van der Waals surface area (Å²) in [6, 6.07) is 7.92. The number of fused-ring (bicyclic) bond motifs is 1. The van der Waals surface area contributed by atoms with Gasteiger partial charge in [-0.2, -0.15) is 9.30 Å². The van der Waals surface area contributed by atoms with E-state index in [0.29, 0.717) is 34.4 Å². The van der Waals surface area contributed by atoms with Crippen LogP contribution >= 0.6 is 22.7 Å². The molecular weight excluding hydrogens is 445 g/mol. The number of piperidine rings is 1. The van der Waals surface area contributed by atoms with E-state index >= 15 is 0 Å². The molecule has 0 bridgehead atoms. The molecule has 30 heavy (non-hydrogen) atoms. The van der Waals surface area contributed by atoms with Crippen LogP contribution in [0.2, 0.25) is 0 Å². The van der Waals surface area contributed by atoms with Crippen molar-refractivity contribution >= 4 is 48.8 Å².